The first-order valence-corrected chi connectivity index (χ1v) is 7.43. The number of hydrogen-bond acceptors (Lipinski definition) is 4. The van der Waals surface area contributed by atoms with Crippen LogP contribution >= 0.6 is 11.8 Å². The molecule has 1 amide bonds. The van der Waals surface area contributed by atoms with Crippen LogP contribution in [0.25, 0.3) is 0 Å². The van der Waals surface area contributed by atoms with Gasteiger partial charge in [-0.2, -0.15) is 0 Å². The first kappa shape index (κ1) is 14.6. The fraction of sp³-hybridized carbons (Fsp3) is 0.357. The van der Waals surface area contributed by atoms with Crippen LogP contribution in [0, 0.1) is 0 Å². The predicted octanol–water partition coefficient (Wildman–Crippen LogP) is 2.36. The summed E-state index contributed by atoms with van der Waals surface area (Å²) in [5.41, 5.74) is 1.79. The SMILES string of the molecule is CCc1nc(SCc2cccc(C(=O)N(C)C)c2)n[nH]1. The molecular weight excluding hydrogens is 272 g/mol. The minimum absolute atomic E-state index is 0.0167. The normalized spacial score (nSPS) is 10.6. The van der Waals surface area contributed by atoms with E-state index in [2.05, 4.69) is 15.2 Å². The lowest BCUT2D eigenvalue weighted by Gasteiger charge is -2.10. The molecule has 106 valence electrons. The van der Waals surface area contributed by atoms with Crippen molar-refractivity contribution in [2.75, 3.05) is 14.1 Å². The van der Waals surface area contributed by atoms with Gasteiger partial charge in [0.2, 0.25) is 5.16 Å². The largest absolute Gasteiger partial charge is 0.345 e. The third-order valence-corrected chi connectivity index (χ3v) is 3.71. The minimum Gasteiger partial charge on any atom is -0.345 e. The molecule has 0 bridgehead atoms. The number of hydrogen-bond donors (Lipinski definition) is 1. The predicted molar refractivity (Wildman–Crippen MR) is 79.8 cm³/mol. The first-order chi connectivity index (χ1) is 9.60. The summed E-state index contributed by atoms with van der Waals surface area (Å²) in [4.78, 5) is 17.8. The highest BCUT2D eigenvalue weighted by Crippen LogP contribution is 2.20. The van der Waals surface area contributed by atoms with Crippen LogP contribution in [-0.2, 0) is 12.2 Å². The topological polar surface area (TPSA) is 61.9 Å². The van der Waals surface area contributed by atoms with Gasteiger partial charge in [-0.25, -0.2) is 4.98 Å². The lowest BCUT2D eigenvalue weighted by Crippen LogP contribution is -2.21. The highest BCUT2D eigenvalue weighted by molar-refractivity contribution is 7.98. The number of H-pyrrole nitrogens is 1. The van der Waals surface area contributed by atoms with E-state index in [-0.39, 0.29) is 5.91 Å². The lowest BCUT2D eigenvalue weighted by atomic mass is 10.1. The van der Waals surface area contributed by atoms with Crippen LogP contribution in [0.1, 0.15) is 28.7 Å². The Morgan fingerprint density at radius 1 is 1.40 bits per heavy atom. The Kier molecular flexibility index (Phi) is 4.79. The van der Waals surface area contributed by atoms with E-state index in [0.29, 0.717) is 5.56 Å². The third kappa shape index (κ3) is 3.60. The van der Waals surface area contributed by atoms with Crippen molar-refractivity contribution in [1.29, 1.82) is 0 Å². The van der Waals surface area contributed by atoms with Crippen LogP contribution in [0.15, 0.2) is 29.4 Å². The van der Waals surface area contributed by atoms with Crippen LogP contribution in [-0.4, -0.2) is 40.1 Å². The van der Waals surface area contributed by atoms with Crippen LogP contribution in [0.3, 0.4) is 0 Å². The van der Waals surface area contributed by atoms with Crippen LogP contribution < -0.4 is 0 Å². The fourth-order valence-corrected chi connectivity index (χ4v) is 2.46. The average molecular weight is 290 g/mol. The highest BCUT2D eigenvalue weighted by atomic mass is 32.2. The zero-order valence-corrected chi connectivity index (χ0v) is 12.7. The average Bonchev–Trinajstić information content (AvgIpc) is 2.92. The summed E-state index contributed by atoms with van der Waals surface area (Å²) in [7, 11) is 3.51. The third-order valence-electron chi connectivity index (χ3n) is 2.79. The molecule has 2 rings (SSSR count). The maximum Gasteiger partial charge on any atom is 0.253 e. The molecule has 0 aliphatic rings. The van der Waals surface area contributed by atoms with Gasteiger partial charge >= 0.3 is 0 Å². The molecule has 0 saturated carbocycles. The molecule has 0 atom stereocenters. The molecule has 0 aliphatic carbocycles. The number of carbonyl (C=O) groups excluding carboxylic acids is 1. The van der Waals surface area contributed by atoms with E-state index >= 15 is 0 Å². The summed E-state index contributed by atoms with van der Waals surface area (Å²) in [5, 5.41) is 7.77. The molecule has 2 aromatic rings. The van der Waals surface area contributed by atoms with E-state index in [4.69, 9.17) is 0 Å². The second-order valence-electron chi connectivity index (χ2n) is 4.61. The van der Waals surface area contributed by atoms with Gasteiger partial charge in [0, 0.05) is 31.8 Å². The number of aromatic amines is 1. The number of aromatic nitrogens is 3. The molecule has 1 aromatic heterocycles. The van der Waals surface area contributed by atoms with Gasteiger partial charge in [-0.3, -0.25) is 9.89 Å². The zero-order valence-electron chi connectivity index (χ0n) is 11.9. The van der Waals surface area contributed by atoms with Gasteiger partial charge in [0.05, 0.1) is 0 Å². The van der Waals surface area contributed by atoms with Crippen molar-refractivity contribution >= 4 is 17.7 Å². The Hall–Kier alpha value is -1.82. The van der Waals surface area contributed by atoms with Crippen molar-refractivity contribution in [3.8, 4) is 0 Å². The van der Waals surface area contributed by atoms with Crippen molar-refractivity contribution < 1.29 is 4.79 Å². The van der Waals surface area contributed by atoms with Gasteiger partial charge in [0.25, 0.3) is 5.91 Å². The fourth-order valence-electron chi connectivity index (χ4n) is 1.70. The number of nitrogens with zero attached hydrogens (tertiary/aromatic N) is 3. The second-order valence-corrected chi connectivity index (χ2v) is 5.55. The van der Waals surface area contributed by atoms with Gasteiger partial charge in [0.1, 0.15) is 5.82 Å². The zero-order chi connectivity index (χ0) is 14.5. The molecule has 5 nitrogen and oxygen atoms in total. The van der Waals surface area contributed by atoms with Gasteiger partial charge in [-0.05, 0) is 17.7 Å². The summed E-state index contributed by atoms with van der Waals surface area (Å²) >= 11 is 1.56. The summed E-state index contributed by atoms with van der Waals surface area (Å²) in [6.45, 7) is 2.03. The van der Waals surface area contributed by atoms with Gasteiger partial charge < -0.3 is 4.90 Å². The summed E-state index contributed by atoms with van der Waals surface area (Å²) in [6.07, 6.45) is 0.848. The molecular formula is C14H18N4OS. The molecule has 6 heteroatoms. The van der Waals surface area contributed by atoms with Gasteiger partial charge in [-0.1, -0.05) is 30.8 Å². The Morgan fingerprint density at radius 2 is 2.20 bits per heavy atom. The minimum atomic E-state index is 0.0167. The van der Waals surface area contributed by atoms with Gasteiger partial charge in [0.15, 0.2) is 0 Å². The Balaban J connectivity index is 2.02. The molecule has 0 radical (unpaired) electrons. The number of carbonyl (C=O) groups is 1. The van der Waals surface area contributed by atoms with Crippen molar-refractivity contribution in [1.82, 2.24) is 20.1 Å². The number of amides is 1. The summed E-state index contributed by atoms with van der Waals surface area (Å²) in [5.74, 6) is 1.65. The first-order valence-electron chi connectivity index (χ1n) is 6.44. The molecule has 0 fully saturated rings. The number of thioether (sulfide) groups is 1. The smallest absolute Gasteiger partial charge is 0.253 e. The number of aryl methyl sites for hydroxylation is 1. The van der Waals surface area contributed by atoms with Crippen LogP contribution in [0.5, 0.6) is 0 Å². The molecule has 0 aliphatic heterocycles. The van der Waals surface area contributed by atoms with Crippen molar-refractivity contribution in [3.63, 3.8) is 0 Å². The maximum atomic E-state index is 11.9. The van der Waals surface area contributed by atoms with Crippen molar-refractivity contribution in [2.24, 2.45) is 0 Å². The quantitative estimate of drug-likeness (QED) is 0.859. The number of nitrogens with one attached hydrogen (secondary N) is 1. The molecule has 20 heavy (non-hydrogen) atoms. The Morgan fingerprint density at radius 3 is 2.85 bits per heavy atom. The van der Waals surface area contributed by atoms with E-state index in [9.17, 15) is 4.79 Å². The molecule has 0 saturated heterocycles. The molecule has 0 unspecified atom stereocenters. The van der Waals surface area contributed by atoms with Crippen LogP contribution in [0.2, 0.25) is 0 Å². The molecule has 1 aromatic carbocycles. The van der Waals surface area contributed by atoms with E-state index in [1.807, 2.05) is 31.2 Å². The lowest BCUT2D eigenvalue weighted by molar-refractivity contribution is 0.0827. The van der Waals surface area contributed by atoms with Gasteiger partial charge in [-0.15, -0.1) is 5.10 Å². The standard InChI is InChI=1S/C14H18N4OS/c1-4-12-15-14(17-16-12)20-9-10-6-5-7-11(8-10)13(19)18(2)3/h5-8H,4,9H2,1-3H3,(H,15,16,17). The highest BCUT2D eigenvalue weighted by Gasteiger charge is 2.09. The Labute approximate surface area is 122 Å². The second kappa shape index (κ2) is 6.56. The molecule has 1 N–H and O–H groups in total. The van der Waals surface area contributed by atoms with Crippen LogP contribution in [0.4, 0.5) is 0 Å². The van der Waals surface area contributed by atoms with E-state index in [1.165, 1.54) is 0 Å². The maximum absolute atomic E-state index is 11.9. The number of benzene rings is 1. The number of rotatable bonds is 5. The van der Waals surface area contributed by atoms with E-state index in [0.717, 1.165) is 28.7 Å². The summed E-state index contributed by atoms with van der Waals surface area (Å²) < 4.78 is 0. The molecule has 0 spiro atoms. The molecule has 1 heterocycles. The monoisotopic (exact) mass is 290 g/mol. The van der Waals surface area contributed by atoms with E-state index < -0.39 is 0 Å². The summed E-state index contributed by atoms with van der Waals surface area (Å²) in [6, 6.07) is 7.66. The van der Waals surface area contributed by atoms with E-state index in [1.54, 1.807) is 30.8 Å². The van der Waals surface area contributed by atoms with Crippen molar-refractivity contribution in [3.05, 3.63) is 41.2 Å². The van der Waals surface area contributed by atoms with Crippen molar-refractivity contribution in [2.45, 2.75) is 24.3 Å². The Bertz CT molecular complexity index is 594.